The van der Waals surface area contributed by atoms with Crippen LogP contribution in [0.3, 0.4) is 0 Å². The van der Waals surface area contributed by atoms with Crippen molar-refractivity contribution in [3.05, 3.63) is 110 Å². The first-order valence-corrected chi connectivity index (χ1v) is 13.3. The van der Waals surface area contributed by atoms with Crippen LogP contribution in [0, 0.1) is 15.2 Å². The SMILES string of the molecule is CC(C)=Cc1ccc(C(C)C(=O)N[C@@H](Cc2cc(F)cc(F)c2)[C@H](O)CNCc2cccc(I)c2)cc1. The third-order valence-electron chi connectivity index (χ3n) is 6.03. The summed E-state index contributed by atoms with van der Waals surface area (Å²) in [6.07, 6.45) is 1.16. The number of benzene rings is 3. The minimum atomic E-state index is -0.981. The molecule has 7 heteroatoms. The maximum Gasteiger partial charge on any atom is 0.227 e. The van der Waals surface area contributed by atoms with Crippen LogP contribution in [0.2, 0.25) is 0 Å². The Morgan fingerprint density at radius 1 is 1.00 bits per heavy atom. The monoisotopic (exact) mass is 618 g/mol. The summed E-state index contributed by atoms with van der Waals surface area (Å²) in [5.41, 5.74) is 4.50. The summed E-state index contributed by atoms with van der Waals surface area (Å²) in [5.74, 6) is -2.14. The highest BCUT2D eigenvalue weighted by molar-refractivity contribution is 14.1. The fourth-order valence-electron chi connectivity index (χ4n) is 4.09. The van der Waals surface area contributed by atoms with Gasteiger partial charge in [0.05, 0.1) is 18.1 Å². The number of nitrogens with one attached hydrogen (secondary N) is 2. The number of aliphatic hydroxyl groups excluding tert-OH is 1. The lowest BCUT2D eigenvalue weighted by Gasteiger charge is -2.26. The molecule has 1 unspecified atom stereocenters. The van der Waals surface area contributed by atoms with E-state index in [2.05, 4.69) is 39.3 Å². The zero-order valence-electron chi connectivity index (χ0n) is 21.3. The quantitative estimate of drug-likeness (QED) is 0.232. The third-order valence-corrected chi connectivity index (χ3v) is 6.70. The number of carbonyl (C=O) groups excluding carboxylic acids is 1. The van der Waals surface area contributed by atoms with Gasteiger partial charge in [0.15, 0.2) is 0 Å². The molecule has 0 aromatic heterocycles. The van der Waals surface area contributed by atoms with Gasteiger partial charge in [0.2, 0.25) is 5.91 Å². The highest BCUT2D eigenvalue weighted by Gasteiger charge is 2.25. The van der Waals surface area contributed by atoms with Crippen LogP contribution in [-0.2, 0) is 17.8 Å². The minimum Gasteiger partial charge on any atom is -0.390 e. The van der Waals surface area contributed by atoms with Gasteiger partial charge in [0, 0.05) is 22.7 Å². The van der Waals surface area contributed by atoms with Crippen molar-refractivity contribution in [2.24, 2.45) is 0 Å². The molecule has 0 aliphatic rings. The van der Waals surface area contributed by atoms with E-state index in [1.807, 2.05) is 62.4 Å². The van der Waals surface area contributed by atoms with E-state index in [0.29, 0.717) is 12.1 Å². The number of hydrogen-bond donors (Lipinski definition) is 3. The van der Waals surface area contributed by atoms with Crippen molar-refractivity contribution >= 4 is 34.6 Å². The molecule has 0 fully saturated rings. The molecular weight excluding hydrogens is 585 g/mol. The number of halogens is 3. The van der Waals surface area contributed by atoms with Gasteiger partial charge in [0.1, 0.15) is 11.6 Å². The van der Waals surface area contributed by atoms with Crippen LogP contribution in [0.4, 0.5) is 8.78 Å². The first kappa shape index (κ1) is 28.9. The molecule has 3 aromatic carbocycles. The normalized spacial score (nSPS) is 13.5. The molecule has 3 N–H and O–H groups in total. The highest BCUT2D eigenvalue weighted by Crippen LogP contribution is 2.19. The summed E-state index contributed by atoms with van der Waals surface area (Å²) >= 11 is 2.24. The Morgan fingerprint density at radius 2 is 1.68 bits per heavy atom. The average molecular weight is 619 g/mol. The Kier molecular flexibility index (Phi) is 10.8. The third kappa shape index (κ3) is 9.32. The summed E-state index contributed by atoms with van der Waals surface area (Å²) in [4.78, 5) is 13.2. The fourth-order valence-corrected chi connectivity index (χ4v) is 4.70. The van der Waals surface area contributed by atoms with Crippen molar-refractivity contribution in [2.45, 2.75) is 51.8 Å². The summed E-state index contributed by atoms with van der Waals surface area (Å²) in [6, 6.07) is 18.2. The number of rotatable bonds is 11. The van der Waals surface area contributed by atoms with E-state index in [9.17, 15) is 18.7 Å². The Morgan fingerprint density at radius 3 is 2.30 bits per heavy atom. The maximum absolute atomic E-state index is 13.8. The van der Waals surface area contributed by atoms with Crippen molar-refractivity contribution in [1.29, 1.82) is 0 Å². The molecule has 37 heavy (non-hydrogen) atoms. The number of allylic oxidation sites excluding steroid dienone is 1. The second-order valence-electron chi connectivity index (χ2n) is 9.54. The molecule has 0 bridgehead atoms. The van der Waals surface area contributed by atoms with Gasteiger partial charge >= 0.3 is 0 Å². The Bertz CT molecular complexity index is 1210. The molecule has 0 heterocycles. The minimum absolute atomic E-state index is 0.0821. The first-order chi connectivity index (χ1) is 17.6. The fraction of sp³-hybridized carbons (Fsp3) is 0.300. The van der Waals surface area contributed by atoms with Crippen LogP contribution < -0.4 is 10.6 Å². The lowest BCUT2D eigenvalue weighted by Crippen LogP contribution is -2.49. The van der Waals surface area contributed by atoms with E-state index in [1.165, 1.54) is 17.7 Å². The van der Waals surface area contributed by atoms with Gasteiger partial charge in [-0.2, -0.15) is 0 Å². The van der Waals surface area contributed by atoms with Crippen LogP contribution >= 0.6 is 22.6 Å². The zero-order valence-corrected chi connectivity index (χ0v) is 23.4. The standard InChI is InChI=1S/C30H33F2IN2O2/c1-19(2)11-21-7-9-24(10-8-21)20(3)30(37)35-28(15-23-12-25(31)16-26(32)13-23)29(36)18-34-17-22-5-4-6-27(33)14-22/h4-14,16,20,28-29,34,36H,15,17-18H2,1-3H3,(H,35,37)/t20?,28-,29+/m0/s1. The topological polar surface area (TPSA) is 61.4 Å². The lowest BCUT2D eigenvalue weighted by atomic mass is 9.96. The van der Waals surface area contributed by atoms with E-state index in [-0.39, 0.29) is 18.9 Å². The van der Waals surface area contributed by atoms with E-state index in [1.54, 1.807) is 6.92 Å². The van der Waals surface area contributed by atoms with Gasteiger partial charge in [-0.05, 0) is 96.3 Å². The van der Waals surface area contributed by atoms with Gasteiger partial charge in [-0.15, -0.1) is 0 Å². The zero-order chi connectivity index (χ0) is 26.9. The molecule has 3 atom stereocenters. The molecule has 3 rings (SSSR count). The van der Waals surface area contributed by atoms with E-state index >= 15 is 0 Å². The number of amides is 1. The summed E-state index contributed by atoms with van der Waals surface area (Å²) in [7, 11) is 0. The second kappa shape index (κ2) is 13.8. The number of aliphatic hydroxyl groups is 1. The summed E-state index contributed by atoms with van der Waals surface area (Å²) in [5, 5.41) is 17.1. The first-order valence-electron chi connectivity index (χ1n) is 12.2. The smallest absolute Gasteiger partial charge is 0.227 e. The molecule has 0 spiro atoms. The van der Waals surface area contributed by atoms with Crippen molar-refractivity contribution < 1.29 is 18.7 Å². The molecule has 0 aliphatic heterocycles. The maximum atomic E-state index is 13.8. The second-order valence-corrected chi connectivity index (χ2v) is 10.8. The van der Waals surface area contributed by atoms with Crippen molar-refractivity contribution in [3.63, 3.8) is 0 Å². The average Bonchev–Trinajstić information content (AvgIpc) is 2.82. The van der Waals surface area contributed by atoms with E-state index in [0.717, 1.165) is 26.3 Å². The van der Waals surface area contributed by atoms with Gasteiger partial charge in [-0.1, -0.05) is 48.0 Å². The Hall–Kier alpha value is -2.62. The Labute approximate surface area is 231 Å². The van der Waals surface area contributed by atoms with Crippen molar-refractivity contribution in [2.75, 3.05) is 6.54 Å². The van der Waals surface area contributed by atoms with Crippen LogP contribution in [-0.4, -0.2) is 29.7 Å². The van der Waals surface area contributed by atoms with Crippen molar-refractivity contribution in [3.8, 4) is 0 Å². The largest absolute Gasteiger partial charge is 0.390 e. The molecule has 3 aromatic rings. The van der Waals surface area contributed by atoms with Crippen LogP contribution in [0.1, 0.15) is 48.9 Å². The van der Waals surface area contributed by atoms with Gasteiger partial charge < -0.3 is 15.7 Å². The molecule has 196 valence electrons. The van der Waals surface area contributed by atoms with Crippen LogP contribution in [0.15, 0.2) is 72.3 Å². The molecule has 0 radical (unpaired) electrons. The molecule has 0 aliphatic carbocycles. The predicted octanol–water partition coefficient (Wildman–Crippen LogP) is 5.97. The predicted molar refractivity (Wildman–Crippen MR) is 153 cm³/mol. The Balaban J connectivity index is 1.71. The summed E-state index contributed by atoms with van der Waals surface area (Å²) in [6.45, 7) is 6.58. The molecule has 0 saturated heterocycles. The van der Waals surface area contributed by atoms with E-state index in [4.69, 9.17) is 0 Å². The van der Waals surface area contributed by atoms with Crippen molar-refractivity contribution in [1.82, 2.24) is 10.6 Å². The number of hydrogen-bond acceptors (Lipinski definition) is 3. The van der Waals surface area contributed by atoms with Crippen LogP contribution in [0.25, 0.3) is 6.08 Å². The molecule has 1 amide bonds. The van der Waals surface area contributed by atoms with Crippen LogP contribution in [0.5, 0.6) is 0 Å². The van der Waals surface area contributed by atoms with Gasteiger partial charge in [-0.25, -0.2) is 8.78 Å². The van der Waals surface area contributed by atoms with E-state index < -0.39 is 29.7 Å². The molecule has 4 nitrogen and oxygen atoms in total. The number of carbonyl (C=O) groups is 1. The lowest BCUT2D eigenvalue weighted by molar-refractivity contribution is -0.123. The molecule has 0 saturated carbocycles. The highest BCUT2D eigenvalue weighted by atomic mass is 127. The molecular formula is C30H33F2IN2O2. The van der Waals surface area contributed by atoms with Gasteiger partial charge in [-0.3, -0.25) is 4.79 Å². The van der Waals surface area contributed by atoms with Gasteiger partial charge in [0.25, 0.3) is 0 Å². The summed E-state index contributed by atoms with van der Waals surface area (Å²) < 4.78 is 28.7.